The average Bonchev–Trinajstić information content (AvgIpc) is 3.82. The Kier molecular flexibility index (Phi) is 13.8. The summed E-state index contributed by atoms with van der Waals surface area (Å²) in [5.74, 6) is 0. The number of furan rings is 1. The van der Waals surface area contributed by atoms with Crippen molar-refractivity contribution in [3.63, 3.8) is 0 Å². The summed E-state index contributed by atoms with van der Waals surface area (Å²) in [7, 11) is 0. The van der Waals surface area contributed by atoms with Gasteiger partial charge in [-0.05, 0) is 17.4 Å². The Morgan fingerprint density at radius 2 is 1.32 bits per heavy atom. The second kappa shape index (κ2) is 16.9. The maximum absolute atomic E-state index is 4.93. The van der Waals surface area contributed by atoms with Gasteiger partial charge in [-0.1, -0.05) is 94.3 Å². The fraction of sp³-hybridized carbons (Fsp3) is 0.233. The molecule has 1 nitrogen and oxygen atoms in total. The average molecular weight is 739 g/mol. The summed E-state index contributed by atoms with van der Waals surface area (Å²) in [6, 6.07) is 38.1. The topological polar surface area (TPSA) is 13.1 Å². The van der Waals surface area contributed by atoms with Crippen LogP contribution >= 0.6 is 24.8 Å². The molecule has 0 bridgehead atoms. The number of halogens is 2. The van der Waals surface area contributed by atoms with Crippen LogP contribution in [0, 0.1) is 12.1 Å². The van der Waals surface area contributed by atoms with E-state index in [-0.39, 0.29) is 35.6 Å². The summed E-state index contributed by atoms with van der Waals surface area (Å²) < 4.78 is 6.35. The molecule has 1 heterocycles. The quantitative estimate of drug-likeness (QED) is 0.165. The van der Waals surface area contributed by atoms with Gasteiger partial charge in [0.1, 0.15) is 0 Å². The van der Waals surface area contributed by atoms with Crippen LogP contribution in [0.25, 0.3) is 16.7 Å². The zero-order chi connectivity index (χ0) is 32.0. The molecule has 2 aliphatic carbocycles. The molecule has 0 spiro atoms. The zero-order valence-electron chi connectivity index (χ0n) is 28.2. The first-order valence-electron chi connectivity index (χ1n) is 15.7. The molecule has 0 amide bonds. The van der Waals surface area contributed by atoms with E-state index in [0.717, 1.165) is 24.0 Å². The summed E-state index contributed by atoms with van der Waals surface area (Å²) in [4.78, 5) is 0. The fourth-order valence-corrected chi connectivity index (χ4v) is 6.20. The molecule has 7 rings (SSSR count). The molecule has 240 valence electrons. The van der Waals surface area contributed by atoms with Gasteiger partial charge in [0, 0.05) is 6.26 Å². The first-order valence-corrected chi connectivity index (χ1v) is 16.9. The van der Waals surface area contributed by atoms with Crippen molar-refractivity contribution in [2.45, 2.75) is 65.2 Å². The van der Waals surface area contributed by atoms with E-state index in [0.29, 0.717) is 0 Å². The van der Waals surface area contributed by atoms with Crippen LogP contribution in [-0.4, -0.2) is 3.21 Å². The predicted octanol–water partition coefficient (Wildman–Crippen LogP) is 11.7. The second-order valence-corrected chi connectivity index (χ2v) is 14.9. The third kappa shape index (κ3) is 9.99. The molecular weight excluding hydrogens is 695 g/mol. The molecule has 0 fully saturated rings. The second-order valence-electron chi connectivity index (χ2n) is 13.6. The van der Waals surface area contributed by atoms with Gasteiger partial charge in [-0.3, -0.25) is 0 Å². The van der Waals surface area contributed by atoms with Gasteiger partial charge in [-0.2, -0.15) is 47.1 Å². The summed E-state index contributed by atoms with van der Waals surface area (Å²) >= 11 is 1.46. The van der Waals surface area contributed by atoms with Gasteiger partial charge < -0.3 is 4.42 Å². The van der Waals surface area contributed by atoms with E-state index in [1.165, 1.54) is 71.9 Å². The molecule has 47 heavy (non-hydrogen) atoms. The fourth-order valence-electron chi connectivity index (χ4n) is 5.38. The minimum absolute atomic E-state index is 0. The van der Waals surface area contributed by atoms with Gasteiger partial charge >= 0.3 is 99.2 Å². The van der Waals surface area contributed by atoms with Gasteiger partial charge in [0.15, 0.2) is 0 Å². The molecule has 0 aliphatic heterocycles. The Labute approximate surface area is 309 Å². The van der Waals surface area contributed by atoms with Crippen LogP contribution in [0.2, 0.25) is 0 Å². The van der Waals surface area contributed by atoms with E-state index >= 15 is 0 Å². The van der Waals surface area contributed by atoms with Crippen molar-refractivity contribution >= 4 is 33.6 Å². The standard InChI is InChI=1S/C21H25.C13H10.C9H7O.2ClH.Zr/c1-20(2,3)16-9-7-14-11-15-8-10-17(21(4,5)6)13-19(15)18(14)12-16;1-3-7-12(8-4-1)11-13-9-5-2-6-10-13;1-2-4-8(3-1)9-5-6-10-7-9;;;/h7,9-10,12-13H,11H2,1-6H3;1-10H;1,3,5-7H,2H2;2*1H;/q-1;;-1;;;+2. The summed E-state index contributed by atoms with van der Waals surface area (Å²) in [5.41, 5.74) is 13.7. The van der Waals surface area contributed by atoms with E-state index < -0.39 is 0 Å². The van der Waals surface area contributed by atoms with Crippen molar-refractivity contribution in [2.75, 3.05) is 0 Å². The molecule has 0 saturated carbocycles. The Hall–Kier alpha value is -3.03. The molecule has 4 heteroatoms. The summed E-state index contributed by atoms with van der Waals surface area (Å²) in [5, 5.41) is 0. The van der Waals surface area contributed by atoms with Crippen LogP contribution in [0.1, 0.15) is 86.9 Å². The van der Waals surface area contributed by atoms with Crippen LogP contribution < -0.4 is 0 Å². The number of allylic oxidation sites excluding steroid dienone is 4. The van der Waals surface area contributed by atoms with Crippen molar-refractivity contribution in [3.8, 4) is 11.1 Å². The molecule has 0 unspecified atom stereocenters. The number of rotatable bonds is 3. The molecule has 1 aromatic heterocycles. The van der Waals surface area contributed by atoms with Crippen LogP contribution in [0.15, 0.2) is 126 Å². The number of hydrogen-bond donors (Lipinski definition) is 0. The molecule has 0 N–H and O–H groups in total. The van der Waals surface area contributed by atoms with Crippen LogP contribution in [0.5, 0.6) is 0 Å². The van der Waals surface area contributed by atoms with Gasteiger partial charge in [-0.25, -0.2) is 0 Å². The van der Waals surface area contributed by atoms with Crippen LogP contribution in [-0.2, 0) is 41.5 Å². The third-order valence-corrected chi connectivity index (χ3v) is 9.60. The van der Waals surface area contributed by atoms with Crippen molar-refractivity contribution in [1.82, 2.24) is 0 Å². The molecule has 0 atom stereocenters. The van der Waals surface area contributed by atoms with Crippen molar-refractivity contribution in [2.24, 2.45) is 0 Å². The number of fused-ring (bicyclic) bond motifs is 3. The number of benzene rings is 4. The molecular formula is C43H44Cl2OZr. The van der Waals surface area contributed by atoms with E-state index in [2.05, 4.69) is 157 Å². The van der Waals surface area contributed by atoms with E-state index in [9.17, 15) is 0 Å². The van der Waals surface area contributed by atoms with E-state index in [4.69, 9.17) is 4.42 Å². The molecule has 4 aromatic carbocycles. The molecule has 5 aromatic rings. The predicted molar refractivity (Wildman–Crippen MR) is 201 cm³/mol. The van der Waals surface area contributed by atoms with Gasteiger partial charge in [-0.15, -0.1) is 36.5 Å². The van der Waals surface area contributed by atoms with E-state index in [1.54, 1.807) is 12.5 Å². The monoisotopic (exact) mass is 736 g/mol. The molecule has 0 radical (unpaired) electrons. The SMILES string of the molecule is CC(C)(C)c1c[c-]c2c(c1)-c1cc(C(C)(C)C)ccc1C2.Cl.Cl.[C-]1=C(c2ccoc2)C=CC1.[Zr+2]=[C](c1ccccc1)c1ccccc1. The first kappa shape index (κ1) is 38.4. The van der Waals surface area contributed by atoms with Gasteiger partial charge in [0.05, 0.1) is 6.26 Å². The van der Waals surface area contributed by atoms with Crippen LogP contribution in [0.4, 0.5) is 0 Å². The van der Waals surface area contributed by atoms with Crippen molar-refractivity contribution in [3.05, 3.63) is 173 Å². The molecule has 2 aliphatic rings. The Morgan fingerprint density at radius 3 is 1.83 bits per heavy atom. The normalized spacial score (nSPS) is 12.6. The Bertz CT molecular complexity index is 1700. The minimum atomic E-state index is 0. The van der Waals surface area contributed by atoms with Crippen molar-refractivity contribution in [1.29, 1.82) is 0 Å². The number of hydrogen-bond acceptors (Lipinski definition) is 1. The van der Waals surface area contributed by atoms with Gasteiger partial charge in [0.25, 0.3) is 0 Å². The summed E-state index contributed by atoms with van der Waals surface area (Å²) in [6.07, 6.45) is 12.7. The van der Waals surface area contributed by atoms with E-state index in [1.807, 2.05) is 6.07 Å². The van der Waals surface area contributed by atoms with Crippen LogP contribution in [0.3, 0.4) is 0 Å². The first-order chi connectivity index (χ1) is 21.5. The maximum atomic E-state index is 4.93. The Balaban J connectivity index is 0.000000200. The third-order valence-electron chi connectivity index (χ3n) is 8.18. The Morgan fingerprint density at radius 1 is 0.723 bits per heavy atom. The summed E-state index contributed by atoms with van der Waals surface area (Å²) in [6.45, 7) is 13.6. The zero-order valence-corrected chi connectivity index (χ0v) is 32.3. The van der Waals surface area contributed by atoms with Crippen molar-refractivity contribution < 1.29 is 28.7 Å². The molecule has 0 saturated heterocycles. The van der Waals surface area contributed by atoms with Gasteiger partial charge in [0.2, 0.25) is 0 Å².